The molecule has 0 unspecified atom stereocenters. The molecule has 2 aliphatic heterocycles. The predicted octanol–water partition coefficient (Wildman–Crippen LogP) is 0.209. The molecule has 3 aliphatic rings. The second-order valence-electron chi connectivity index (χ2n) is 7.78. The molecule has 0 spiro atoms. The topological polar surface area (TPSA) is 72.9 Å². The molecule has 0 radical (unpaired) electrons. The Morgan fingerprint density at radius 2 is 1.95 bits per heavy atom. The number of rotatable bonds is 1. The number of hydrogen-bond donors (Lipinski definition) is 0. The number of carboxylic acid groups (broad SMARTS) is 1. The third kappa shape index (κ3) is 2.39. The van der Waals surface area contributed by atoms with Crippen molar-refractivity contribution in [3.8, 4) is 0 Å². The molecule has 3 fully saturated rings. The summed E-state index contributed by atoms with van der Waals surface area (Å²) in [6.07, 6.45) is 1.65. The quantitative estimate of drug-likeness (QED) is 0.691. The standard InChI is InChI=1S/C15H24N2O4/c1-14(2,3)21-13(20)17-7-10-5-9-6-11(9)16(10)8-15(17,4)12(18)19/h9-11H,5-8H2,1-4H3,(H,18,19)/p-1/t9-,10+,11+,15-/m0/s1. The summed E-state index contributed by atoms with van der Waals surface area (Å²) < 4.78 is 5.39. The van der Waals surface area contributed by atoms with Gasteiger partial charge < -0.3 is 14.6 Å². The highest BCUT2D eigenvalue weighted by Gasteiger charge is 2.58. The van der Waals surface area contributed by atoms with E-state index in [0.717, 1.165) is 12.8 Å². The van der Waals surface area contributed by atoms with Crippen LogP contribution >= 0.6 is 0 Å². The van der Waals surface area contributed by atoms with Crippen LogP contribution in [0, 0.1) is 5.92 Å². The van der Waals surface area contributed by atoms with Crippen LogP contribution in [-0.2, 0) is 9.53 Å². The van der Waals surface area contributed by atoms with E-state index in [1.54, 1.807) is 27.7 Å². The zero-order valence-electron chi connectivity index (χ0n) is 13.1. The van der Waals surface area contributed by atoms with E-state index in [1.165, 1.54) is 4.90 Å². The van der Waals surface area contributed by atoms with E-state index >= 15 is 0 Å². The lowest BCUT2D eigenvalue weighted by Gasteiger charge is -2.51. The molecule has 118 valence electrons. The first-order valence-corrected chi connectivity index (χ1v) is 7.59. The Bertz CT molecular complexity index is 487. The van der Waals surface area contributed by atoms with Gasteiger partial charge in [0.2, 0.25) is 0 Å². The van der Waals surface area contributed by atoms with Crippen LogP contribution in [0.15, 0.2) is 0 Å². The molecule has 2 saturated heterocycles. The van der Waals surface area contributed by atoms with Crippen molar-refractivity contribution in [1.82, 2.24) is 9.80 Å². The smallest absolute Gasteiger partial charge is 0.411 e. The Kier molecular flexibility index (Phi) is 3.03. The second-order valence-corrected chi connectivity index (χ2v) is 7.78. The van der Waals surface area contributed by atoms with Gasteiger partial charge in [0.1, 0.15) is 5.60 Å². The fraction of sp³-hybridized carbons (Fsp3) is 0.867. The summed E-state index contributed by atoms with van der Waals surface area (Å²) in [4.78, 5) is 27.7. The third-order valence-corrected chi connectivity index (χ3v) is 4.89. The first-order valence-electron chi connectivity index (χ1n) is 7.59. The summed E-state index contributed by atoms with van der Waals surface area (Å²) in [6, 6.07) is 0.767. The second kappa shape index (κ2) is 4.35. The van der Waals surface area contributed by atoms with Crippen LogP contribution in [-0.4, -0.2) is 58.2 Å². The number of ether oxygens (including phenoxy) is 1. The number of piperidine rings is 1. The number of carboxylic acids is 1. The predicted molar refractivity (Wildman–Crippen MR) is 73.4 cm³/mol. The molecule has 1 amide bonds. The largest absolute Gasteiger partial charge is 0.548 e. The van der Waals surface area contributed by atoms with Crippen molar-refractivity contribution in [1.29, 1.82) is 0 Å². The molecule has 21 heavy (non-hydrogen) atoms. The maximum absolute atomic E-state index is 12.4. The molecule has 0 bridgehead atoms. The van der Waals surface area contributed by atoms with Crippen LogP contribution in [0.2, 0.25) is 0 Å². The van der Waals surface area contributed by atoms with Gasteiger partial charge in [-0.3, -0.25) is 9.80 Å². The summed E-state index contributed by atoms with van der Waals surface area (Å²) in [5.74, 6) is -0.532. The maximum Gasteiger partial charge on any atom is 0.411 e. The number of hydrogen-bond acceptors (Lipinski definition) is 5. The van der Waals surface area contributed by atoms with Gasteiger partial charge in [0.25, 0.3) is 0 Å². The van der Waals surface area contributed by atoms with E-state index in [1.807, 2.05) is 0 Å². The zero-order valence-corrected chi connectivity index (χ0v) is 13.1. The van der Waals surface area contributed by atoms with Crippen molar-refractivity contribution in [2.45, 2.75) is 63.8 Å². The van der Waals surface area contributed by atoms with E-state index in [9.17, 15) is 14.7 Å². The Hall–Kier alpha value is -1.30. The van der Waals surface area contributed by atoms with Crippen LogP contribution in [0.3, 0.4) is 0 Å². The van der Waals surface area contributed by atoms with Crippen LogP contribution in [0.25, 0.3) is 0 Å². The molecule has 0 N–H and O–H groups in total. The van der Waals surface area contributed by atoms with Crippen LogP contribution < -0.4 is 5.11 Å². The molecular weight excluding hydrogens is 272 g/mol. The molecule has 3 rings (SSSR count). The van der Waals surface area contributed by atoms with Gasteiger partial charge in [-0.25, -0.2) is 4.79 Å². The molecule has 4 atom stereocenters. The van der Waals surface area contributed by atoms with Gasteiger partial charge in [-0.1, -0.05) is 0 Å². The number of piperazine rings is 1. The molecular formula is C15H23N2O4-. The minimum atomic E-state index is -1.32. The summed E-state index contributed by atoms with van der Waals surface area (Å²) in [5, 5.41) is 11.7. The lowest BCUT2D eigenvalue weighted by molar-refractivity contribution is -0.320. The Labute approximate surface area is 125 Å². The highest BCUT2D eigenvalue weighted by atomic mass is 16.6. The molecule has 1 saturated carbocycles. The summed E-state index contributed by atoms with van der Waals surface area (Å²) in [7, 11) is 0. The Morgan fingerprint density at radius 1 is 1.29 bits per heavy atom. The van der Waals surface area contributed by atoms with Gasteiger partial charge in [-0.05, 0) is 46.5 Å². The van der Waals surface area contributed by atoms with Crippen molar-refractivity contribution >= 4 is 12.1 Å². The molecule has 0 aromatic heterocycles. The first kappa shape index (κ1) is 14.6. The SMILES string of the molecule is CC(C)(C)OC(=O)N1C[C@H]2C[C@H]3C[C@H]3N2C[C@@]1(C)C(=O)[O-]. The minimum absolute atomic E-state index is 0.258. The molecule has 0 aromatic rings. The van der Waals surface area contributed by atoms with Gasteiger partial charge in [0.05, 0.1) is 11.5 Å². The normalized spacial score (nSPS) is 38.7. The molecule has 1 aliphatic carbocycles. The fourth-order valence-corrected chi connectivity index (χ4v) is 3.69. The van der Waals surface area contributed by atoms with Gasteiger partial charge in [0, 0.05) is 25.2 Å². The molecule has 6 heteroatoms. The number of carbonyl (C=O) groups excluding carboxylic acids is 2. The van der Waals surface area contributed by atoms with Crippen LogP contribution in [0.1, 0.15) is 40.5 Å². The number of nitrogens with zero attached hydrogens (tertiary/aromatic N) is 2. The van der Waals surface area contributed by atoms with Crippen LogP contribution in [0.4, 0.5) is 4.79 Å². The van der Waals surface area contributed by atoms with Gasteiger partial charge in [-0.2, -0.15) is 0 Å². The van der Waals surface area contributed by atoms with Crippen molar-refractivity contribution in [3.63, 3.8) is 0 Å². The number of amides is 1. The molecule has 2 heterocycles. The van der Waals surface area contributed by atoms with E-state index in [-0.39, 0.29) is 6.04 Å². The van der Waals surface area contributed by atoms with Gasteiger partial charge in [-0.15, -0.1) is 0 Å². The van der Waals surface area contributed by atoms with Crippen LogP contribution in [0.5, 0.6) is 0 Å². The van der Waals surface area contributed by atoms with Crippen molar-refractivity contribution < 1.29 is 19.4 Å². The highest BCUT2D eigenvalue weighted by Crippen LogP contribution is 2.50. The highest BCUT2D eigenvalue weighted by molar-refractivity contribution is 5.83. The monoisotopic (exact) mass is 295 g/mol. The molecule has 0 aromatic carbocycles. The minimum Gasteiger partial charge on any atom is -0.548 e. The van der Waals surface area contributed by atoms with Crippen molar-refractivity contribution in [2.75, 3.05) is 13.1 Å². The number of fused-ring (bicyclic) bond motifs is 3. The van der Waals surface area contributed by atoms with E-state index in [0.29, 0.717) is 25.0 Å². The zero-order chi connectivity index (χ0) is 15.6. The number of carbonyl (C=O) groups is 2. The average molecular weight is 295 g/mol. The maximum atomic E-state index is 12.4. The van der Waals surface area contributed by atoms with E-state index in [4.69, 9.17) is 4.74 Å². The Balaban J connectivity index is 1.83. The number of aliphatic carboxylic acids is 1. The third-order valence-electron chi connectivity index (χ3n) is 4.89. The van der Waals surface area contributed by atoms with Crippen molar-refractivity contribution in [3.05, 3.63) is 0 Å². The Morgan fingerprint density at radius 3 is 2.52 bits per heavy atom. The van der Waals surface area contributed by atoms with E-state index < -0.39 is 23.2 Å². The van der Waals surface area contributed by atoms with E-state index in [2.05, 4.69) is 4.90 Å². The summed E-state index contributed by atoms with van der Waals surface area (Å²) in [5.41, 5.74) is -1.96. The first-order chi connectivity index (χ1) is 9.62. The average Bonchev–Trinajstić information content (AvgIpc) is 3.01. The summed E-state index contributed by atoms with van der Waals surface area (Å²) >= 11 is 0. The summed E-state index contributed by atoms with van der Waals surface area (Å²) in [6.45, 7) is 7.65. The van der Waals surface area contributed by atoms with Gasteiger partial charge in [0.15, 0.2) is 0 Å². The fourth-order valence-electron chi connectivity index (χ4n) is 3.69. The molecule has 6 nitrogen and oxygen atoms in total. The lowest BCUT2D eigenvalue weighted by atomic mass is 9.93. The lowest BCUT2D eigenvalue weighted by Crippen LogP contribution is -2.71. The van der Waals surface area contributed by atoms with Gasteiger partial charge >= 0.3 is 6.09 Å². The van der Waals surface area contributed by atoms with Crippen molar-refractivity contribution in [2.24, 2.45) is 5.92 Å².